The van der Waals surface area contributed by atoms with E-state index in [0.717, 1.165) is 6.54 Å². The Kier molecular flexibility index (Phi) is 4.00. The summed E-state index contributed by atoms with van der Waals surface area (Å²) >= 11 is 2.00. The third kappa shape index (κ3) is 2.78. The fourth-order valence-electron chi connectivity index (χ4n) is 2.14. The molecule has 2 atom stereocenters. The molecule has 0 spiro atoms. The zero-order valence-corrected chi connectivity index (χ0v) is 11.9. The van der Waals surface area contributed by atoms with Gasteiger partial charge in [0.1, 0.15) is 0 Å². The van der Waals surface area contributed by atoms with E-state index in [1.165, 1.54) is 16.1 Å². The molecule has 0 bridgehead atoms. The maximum absolute atomic E-state index is 3.60. The second kappa shape index (κ2) is 5.32. The van der Waals surface area contributed by atoms with Crippen LogP contribution in [-0.4, -0.2) is 24.9 Å². The molecule has 1 aliphatic heterocycles. The summed E-state index contributed by atoms with van der Waals surface area (Å²) in [5.41, 5.74) is 2.72. The molecule has 17 heavy (non-hydrogen) atoms. The lowest BCUT2D eigenvalue weighted by molar-refractivity contribution is 0.664. The summed E-state index contributed by atoms with van der Waals surface area (Å²) in [6.45, 7) is 7.80. The number of thioether (sulfide) groups is 1. The van der Waals surface area contributed by atoms with Crippen LogP contribution in [0.5, 0.6) is 0 Å². The minimum atomic E-state index is 0.518. The van der Waals surface area contributed by atoms with Crippen molar-refractivity contribution in [1.82, 2.24) is 5.32 Å². The molecule has 2 nitrogen and oxygen atoms in total. The normalized spacial score (nSPS) is 23.4. The van der Waals surface area contributed by atoms with Crippen LogP contribution < -0.4 is 10.6 Å². The molecule has 2 rings (SSSR count). The highest BCUT2D eigenvalue weighted by molar-refractivity contribution is 8.00. The number of rotatable bonds is 3. The minimum absolute atomic E-state index is 0.518. The molecule has 2 N–H and O–H groups in total. The monoisotopic (exact) mass is 250 g/mol. The van der Waals surface area contributed by atoms with Gasteiger partial charge >= 0.3 is 0 Å². The van der Waals surface area contributed by atoms with E-state index >= 15 is 0 Å². The Labute approximate surface area is 109 Å². The Hall–Kier alpha value is -0.670. The van der Waals surface area contributed by atoms with Gasteiger partial charge in [-0.2, -0.15) is 0 Å². The van der Waals surface area contributed by atoms with Crippen LogP contribution in [0.4, 0.5) is 5.69 Å². The highest BCUT2D eigenvalue weighted by Crippen LogP contribution is 2.39. The van der Waals surface area contributed by atoms with Gasteiger partial charge in [-0.3, -0.25) is 0 Å². The van der Waals surface area contributed by atoms with E-state index in [2.05, 4.69) is 49.6 Å². The largest absolute Gasteiger partial charge is 0.381 e. The average molecular weight is 250 g/mol. The SMILES string of the molecule is CNCC1Sc2cc(C(C)C)ccc2NC1C. The van der Waals surface area contributed by atoms with Gasteiger partial charge < -0.3 is 10.6 Å². The molecule has 3 heteroatoms. The fraction of sp³-hybridized carbons (Fsp3) is 0.571. The standard InChI is InChI=1S/C14H22N2S/c1-9(2)11-5-6-12-13(7-11)17-14(8-15-4)10(3)16-12/h5-7,9-10,14-16H,8H2,1-4H3. The van der Waals surface area contributed by atoms with Crippen LogP contribution in [0.1, 0.15) is 32.3 Å². The quantitative estimate of drug-likeness (QED) is 0.860. The summed E-state index contributed by atoms with van der Waals surface area (Å²) in [5, 5.41) is 7.48. The Bertz CT molecular complexity index is 390. The van der Waals surface area contributed by atoms with E-state index in [-0.39, 0.29) is 0 Å². The second-order valence-electron chi connectivity index (χ2n) is 5.06. The molecular weight excluding hydrogens is 228 g/mol. The topological polar surface area (TPSA) is 24.1 Å². The van der Waals surface area contributed by atoms with Crippen molar-refractivity contribution in [3.8, 4) is 0 Å². The molecule has 0 aliphatic carbocycles. The molecule has 1 aromatic carbocycles. The number of nitrogens with one attached hydrogen (secondary N) is 2. The second-order valence-corrected chi connectivity index (χ2v) is 6.34. The molecule has 0 radical (unpaired) electrons. The van der Waals surface area contributed by atoms with Gasteiger partial charge in [0.25, 0.3) is 0 Å². The van der Waals surface area contributed by atoms with Gasteiger partial charge in [0.2, 0.25) is 0 Å². The van der Waals surface area contributed by atoms with Gasteiger partial charge in [-0.15, -0.1) is 11.8 Å². The maximum Gasteiger partial charge on any atom is 0.0481 e. The summed E-state index contributed by atoms with van der Waals surface area (Å²) < 4.78 is 0. The van der Waals surface area contributed by atoms with Gasteiger partial charge in [0, 0.05) is 28.4 Å². The number of anilines is 1. The van der Waals surface area contributed by atoms with Gasteiger partial charge in [0.15, 0.2) is 0 Å². The summed E-state index contributed by atoms with van der Waals surface area (Å²) in [5.74, 6) is 0.600. The van der Waals surface area contributed by atoms with Crippen LogP contribution >= 0.6 is 11.8 Å². The maximum atomic E-state index is 3.60. The van der Waals surface area contributed by atoms with E-state index in [0.29, 0.717) is 17.2 Å². The van der Waals surface area contributed by atoms with Crippen LogP contribution in [0.3, 0.4) is 0 Å². The van der Waals surface area contributed by atoms with Crippen LogP contribution in [0.2, 0.25) is 0 Å². The average Bonchev–Trinajstić information content (AvgIpc) is 2.29. The van der Waals surface area contributed by atoms with Crippen molar-refractivity contribution in [2.24, 2.45) is 0 Å². The van der Waals surface area contributed by atoms with Gasteiger partial charge in [-0.05, 0) is 37.6 Å². The van der Waals surface area contributed by atoms with Crippen LogP contribution in [-0.2, 0) is 0 Å². The Morgan fingerprint density at radius 1 is 1.41 bits per heavy atom. The molecular formula is C14H22N2S. The van der Waals surface area contributed by atoms with E-state index in [1.807, 2.05) is 18.8 Å². The van der Waals surface area contributed by atoms with Gasteiger partial charge in [-0.25, -0.2) is 0 Å². The molecule has 0 aromatic heterocycles. The first-order valence-electron chi connectivity index (χ1n) is 6.33. The van der Waals surface area contributed by atoms with Crippen molar-refractivity contribution in [3.05, 3.63) is 23.8 Å². The summed E-state index contributed by atoms with van der Waals surface area (Å²) in [6.07, 6.45) is 0. The molecule has 1 aliphatic rings. The van der Waals surface area contributed by atoms with Crippen molar-refractivity contribution in [3.63, 3.8) is 0 Å². The smallest absolute Gasteiger partial charge is 0.0481 e. The molecule has 94 valence electrons. The number of hydrogen-bond donors (Lipinski definition) is 2. The lowest BCUT2D eigenvalue weighted by Crippen LogP contribution is -2.38. The lowest BCUT2D eigenvalue weighted by Gasteiger charge is -2.32. The van der Waals surface area contributed by atoms with Gasteiger partial charge in [-0.1, -0.05) is 19.9 Å². The first-order chi connectivity index (χ1) is 8.11. The van der Waals surface area contributed by atoms with Crippen LogP contribution in [0.15, 0.2) is 23.1 Å². The zero-order valence-electron chi connectivity index (χ0n) is 11.1. The predicted molar refractivity (Wildman–Crippen MR) is 77.2 cm³/mol. The minimum Gasteiger partial charge on any atom is -0.381 e. The zero-order chi connectivity index (χ0) is 12.4. The third-order valence-electron chi connectivity index (χ3n) is 3.30. The Morgan fingerprint density at radius 2 is 2.18 bits per heavy atom. The molecule has 0 amide bonds. The number of fused-ring (bicyclic) bond motifs is 1. The molecule has 0 saturated carbocycles. The number of benzene rings is 1. The van der Waals surface area contributed by atoms with E-state index in [1.54, 1.807) is 0 Å². The summed E-state index contributed by atoms with van der Waals surface area (Å²) in [7, 11) is 2.02. The first-order valence-corrected chi connectivity index (χ1v) is 7.21. The van der Waals surface area contributed by atoms with Crippen molar-refractivity contribution in [1.29, 1.82) is 0 Å². The van der Waals surface area contributed by atoms with E-state index in [4.69, 9.17) is 0 Å². The Morgan fingerprint density at radius 3 is 2.82 bits per heavy atom. The molecule has 1 heterocycles. The number of hydrogen-bond acceptors (Lipinski definition) is 3. The highest BCUT2D eigenvalue weighted by Gasteiger charge is 2.25. The van der Waals surface area contributed by atoms with Gasteiger partial charge in [0.05, 0.1) is 0 Å². The van der Waals surface area contributed by atoms with E-state index in [9.17, 15) is 0 Å². The molecule has 0 saturated heterocycles. The highest BCUT2D eigenvalue weighted by atomic mass is 32.2. The molecule has 2 unspecified atom stereocenters. The lowest BCUT2D eigenvalue weighted by atomic mass is 10.0. The van der Waals surface area contributed by atoms with E-state index < -0.39 is 0 Å². The summed E-state index contributed by atoms with van der Waals surface area (Å²) in [6, 6.07) is 7.32. The first kappa shape index (κ1) is 12.8. The fourth-order valence-corrected chi connectivity index (χ4v) is 3.44. The van der Waals surface area contributed by atoms with Crippen molar-refractivity contribution in [2.45, 2.75) is 42.9 Å². The Balaban J connectivity index is 2.24. The summed E-state index contributed by atoms with van der Waals surface area (Å²) in [4.78, 5) is 1.40. The third-order valence-corrected chi connectivity index (χ3v) is 4.77. The van der Waals surface area contributed by atoms with Crippen LogP contribution in [0.25, 0.3) is 0 Å². The molecule has 0 fully saturated rings. The van der Waals surface area contributed by atoms with Crippen LogP contribution in [0, 0.1) is 0 Å². The predicted octanol–water partition coefficient (Wildman–Crippen LogP) is 3.30. The molecule has 1 aromatic rings. The van der Waals surface area contributed by atoms with Crippen molar-refractivity contribution >= 4 is 17.4 Å². The van der Waals surface area contributed by atoms with Crippen molar-refractivity contribution in [2.75, 3.05) is 18.9 Å². The van der Waals surface area contributed by atoms with Crippen molar-refractivity contribution < 1.29 is 0 Å².